The lowest BCUT2D eigenvalue weighted by atomic mass is 9.60. The van der Waals surface area contributed by atoms with Gasteiger partial charge in [0, 0.05) is 12.3 Å². The maximum absolute atomic E-state index is 11.2. The Bertz CT molecular complexity index is 856. The lowest BCUT2D eigenvalue weighted by molar-refractivity contribution is -0.131. The Morgan fingerprint density at radius 3 is 2.80 bits per heavy atom. The standard InChI is InChI=1S/C22H26O3/c1-4-22(24)12-10-20-19-7-5-15-13-16(25-14(2)23)6-8-17(15)18(19)9-11-21(20,22)3/h5-8,13,20,24H,4,9-12H2,1-3H3. The normalized spacial score (nSPS) is 30.8. The average Bonchev–Trinajstić information content (AvgIpc) is 2.86. The number of esters is 1. The molecule has 0 radical (unpaired) electrons. The van der Waals surface area contributed by atoms with E-state index in [1.54, 1.807) is 0 Å². The Balaban J connectivity index is 1.80. The molecule has 3 atom stereocenters. The second kappa shape index (κ2) is 5.57. The largest absolute Gasteiger partial charge is 0.427 e. The van der Waals surface area contributed by atoms with E-state index >= 15 is 0 Å². The van der Waals surface area contributed by atoms with Gasteiger partial charge in [0.15, 0.2) is 0 Å². The minimum Gasteiger partial charge on any atom is -0.427 e. The highest BCUT2D eigenvalue weighted by Gasteiger charge is 2.57. The number of hydrogen-bond donors (Lipinski definition) is 1. The zero-order valence-corrected chi connectivity index (χ0v) is 15.3. The van der Waals surface area contributed by atoms with Crippen molar-refractivity contribution in [1.29, 1.82) is 0 Å². The highest BCUT2D eigenvalue weighted by atomic mass is 16.5. The van der Waals surface area contributed by atoms with Crippen LogP contribution in [-0.2, 0) is 11.2 Å². The lowest BCUT2D eigenvalue weighted by Gasteiger charge is -2.46. The van der Waals surface area contributed by atoms with Crippen molar-refractivity contribution in [3.8, 4) is 5.75 Å². The van der Waals surface area contributed by atoms with Crippen molar-refractivity contribution >= 4 is 16.7 Å². The fourth-order valence-corrected chi connectivity index (χ4v) is 5.41. The van der Waals surface area contributed by atoms with Crippen molar-refractivity contribution in [3.63, 3.8) is 0 Å². The lowest BCUT2D eigenvalue weighted by Crippen LogP contribution is -2.45. The number of hydrogen-bond acceptors (Lipinski definition) is 3. The molecule has 2 aliphatic carbocycles. The van der Waals surface area contributed by atoms with Crippen LogP contribution in [0.4, 0.5) is 0 Å². The van der Waals surface area contributed by atoms with E-state index < -0.39 is 5.60 Å². The van der Waals surface area contributed by atoms with E-state index in [2.05, 4.69) is 32.0 Å². The van der Waals surface area contributed by atoms with Crippen molar-refractivity contribution in [3.05, 3.63) is 41.5 Å². The average molecular weight is 338 g/mol. The molecule has 3 nitrogen and oxygen atoms in total. The van der Waals surface area contributed by atoms with E-state index in [9.17, 15) is 9.90 Å². The molecule has 3 unspecified atom stereocenters. The molecule has 2 aromatic carbocycles. The van der Waals surface area contributed by atoms with Gasteiger partial charge < -0.3 is 9.84 Å². The Labute approximate surface area is 149 Å². The first kappa shape index (κ1) is 16.6. The zero-order valence-electron chi connectivity index (χ0n) is 15.3. The Morgan fingerprint density at radius 1 is 1.28 bits per heavy atom. The smallest absolute Gasteiger partial charge is 0.308 e. The number of carbonyl (C=O) groups excluding carboxylic acids is 1. The van der Waals surface area contributed by atoms with Crippen molar-refractivity contribution < 1.29 is 14.6 Å². The second-order valence-electron chi connectivity index (χ2n) is 8.00. The molecule has 1 fully saturated rings. The number of aliphatic hydroxyl groups is 1. The fourth-order valence-electron chi connectivity index (χ4n) is 5.41. The number of fused-ring (bicyclic) bond motifs is 5. The number of rotatable bonds is 2. The first-order chi connectivity index (χ1) is 11.9. The van der Waals surface area contributed by atoms with Crippen LogP contribution in [0.15, 0.2) is 30.3 Å². The van der Waals surface area contributed by atoms with Gasteiger partial charge in [0.25, 0.3) is 0 Å². The molecule has 2 aliphatic rings. The summed E-state index contributed by atoms with van der Waals surface area (Å²) in [6, 6.07) is 10.3. The first-order valence-electron chi connectivity index (χ1n) is 9.34. The summed E-state index contributed by atoms with van der Waals surface area (Å²) in [5.74, 6) is 0.735. The van der Waals surface area contributed by atoms with Crippen LogP contribution in [0, 0.1) is 5.41 Å². The molecule has 0 saturated heterocycles. The Kier molecular flexibility index (Phi) is 3.69. The summed E-state index contributed by atoms with van der Waals surface area (Å²) in [7, 11) is 0. The van der Waals surface area contributed by atoms with E-state index in [0.717, 1.165) is 37.5 Å². The van der Waals surface area contributed by atoms with Gasteiger partial charge in [0.05, 0.1) is 5.60 Å². The topological polar surface area (TPSA) is 46.5 Å². The van der Waals surface area contributed by atoms with E-state index in [1.165, 1.54) is 23.4 Å². The van der Waals surface area contributed by atoms with Gasteiger partial charge in [-0.2, -0.15) is 0 Å². The first-order valence-corrected chi connectivity index (χ1v) is 9.34. The SMILES string of the molecule is CCC1(O)CCC2c3ccc4cc(OC(C)=O)ccc4c3CCC21C. The molecule has 0 aliphatic heterocycles. The van der Waals surface area contributed by atoms with Crippen LogP contribution in [0.2, 0.25) is 0 Å². The van der Waals surface area contributed by atoms with Crippen LogP contribution in [0.3, 0.4) is 0 Å². The molecule has 1 N–H and O–H groups in total. The Hall–Kier alpha value is -1.87. The summed E-state index contributed by atoms with van der Waals surface area (Å²) in [5.41, 5.74) is 2.25. The van der Waals surface area contributed by atoms with Crippen LogP contribution in [0.25, 0.3) is 10.8 Å². The van der Waals surface area contributed by atoms with Crippen LogP contribution in [-0.4, -0.2) is 16.7 Å². The summed E-state index contributed by atoms with van der Waals surface area (Å²) in [6.07, 6.45) is 4.81. The van der Waals surface area contributed by atoms with Crippen LogP contribution in [0.5, 0.6) is 5.75 Å². The molecule has 0 aromatic heterocycles. The van der Waals surface area contributed by atoms with Gasteiger partial charge in [-0.25, -0.2) is 0 Å². The van der Waals surface area contributed by atoms with E-state index in [4.69, 9.17) is 4.74 Å². The van der Waals surface area contributed by atoms with Gasteiger partial charge in [-0.3, -0.25) is 4.79 Å². The minimum absolute atomic E-state index is 0.0277. The summed E-state index contributed by atoms with van der Waals surface area (Å²) >= 11 is 0. The molecule has 0 amide bonds. The third kappa shape index (κ3) is 2.32. The Morgan fingerprint density at radius 2 is 2.08 bits per heavy atom. The van der Waals surface area contributed by atoms with E-state index in [1.807, 2.05) is 12.1 Å². The predicted molar refractivity (Wildman–Crippen MR) is 98.9 cm³/mol. The third-order valence-corrected chi connectivity index (χ3v) is 6.93. The van der Waals surface area contributed by atoms with Gasteiger partial charge >= 0.3 is 5.97 Å². The molecule has 0 bridgehead atoms. The number of ether oxygens (including phenoxy) is 1. The second-order valence-corrected chi connectivity index (χ2v) is 8.00. The summed E-state index contributed by atoms with van der Waals surface area (Å²) < 4.78 is 5.22. The van der Waals surface area contributed by atoms with Gasteiger partial charge in [-0.1, -0.05) is 32.0 Å². The molecule has 2 aromatic rings. The monoisotopic (exact) mass is 338 g/mol. The van der Waals surface area contributed by atoms with Gasteiger partial charge in [0.2, 0.25) is 0 Å². The van der Waals surface area contributed by atoms with Gasteiger partial charge in [0.1, 0.15) is 5.75 Å². The molecular formula is C22H26O3. The molecule has 1 saturated carbocycles. The zero-order chi connectivity index (χ0) is 17.8. The predicted octanol–water partition coefficient (Wildman–Crippen LogP) is 4.74. The summed E-state index contributed by atoms with van der Waals surface area (Å²) in [4.78, 5) is 11.2. The maximum atomic E-state index is 11.2. The molecular weight excluding hydrogens is 312 g/mol. The maximum Gasteiger partial charge on any atom is 0.308 e. The molecule has 0 heterocycles. The van der Waals surface area contributed by atoms with Gasteiger partial charge in [-0.05, 0) is 72.1 Å². The number of carbonyl (C=O) groups is 1. The third-order valence-electron chi connectivity index (χ3n) is 6.93. The molecule has 0 spiro atoms. The van der Waals surface area contributed by atoms with Crippen LogP contribution >= 0.6 is 0 Å². The summed E-state index contributed by atoms with van der Waals surface area (Å²) in [6.45, 7) is 5.82. The highest BCUT2D eigenvalue weighted by molar-refractivity contribution is 5.89. The minimum atomic E-state index is -0.538. The van der Waals surface area contributed by atoms with E-state index in [0.29, 0.717) is 11.7 Å². The molecule has 25 heavy (non-hydrogen) atoms. The fraction of sp³-hybridized carbons (Fsp3) is 0.500. The molecule has 132 valence electrons. The van der Waals surface area contributed by atoms with Crippen LogP contribution < -0.4 is 4.74 Å². The highest BCUT2D eigenvalue weighted by Crippen LogP contribution is 2.61. The van der Waals surface area contributed by atoms with Crippen molar-refractivity contribution in [2.24, 2.45) is 5.41 Å². The number of benzene rings is 2. The van der Waals surface area contributed by atoms with Crippen molar-refractivity contribution in [2.45, 2.75) is 64.4 Å². The van der Waals surface area contributed by atoms with Crippen molar-refractivity contribution in [2.75, 3.05) is 0 Å². The van der Waals surface area contributed by atoms with E-state index in [-0.39, 0.29) is 11.4 Å². The number of aryl methyl sites for hydroxylation is 1. The summed E-state index contributed by atoms with van der Waals surface area (Å²) in [5, 5.41) is 13.5. The van der Waals surface area contributed by atoms with Crippen LogP contribution in [0.1, 0.15) is 63.5 Å². The quantitative estimate of drug-likeness (QED) is 0.636. The molecule has 3 heteroatoms. The molecule has 4 rings (SSSR count). The van der Waals surface area contributed by atoms with Crippen molar-refractivity contribution in [1.82, 2.24) is 0 Å². The van der Waals surface area contributed by atoms with Gasteiger partial charge in [-0.15, -0.1) is 0 Å².